The summed E-state index contributed by atoms with van der Waals surface area (Å²) in [5, 5.41) is 25.9. The molecule has 0 bridgehead atoms. The van der Waals surface area contributed by atoms with Crippen molar-refractivity contribution in [2.45, 2.75) is 6.54 Å². The number of carbonyl (C=O) groups is 3. The largest absolute Gasteiger partial charge is 0.497 e. The molecule has 182 valence electrons. The predicted molar refractivity (Wildman–Crippen MR) is 119 cm³/mol. The quantitative estimate of drug-likeness (QED) is 0.341. The predicted octanol–water partition coefficient (Wildman–Crippen LogP) is 1.48. The van der Waals surface area contributed by atoms with Gasteiger partial charge >= 0.3 is 11.9 Å². The number of nitro groups is 1. The molecule has 0 unspecified atom stereocenters. The highest BCUT2D eigenvalue weighted by Gasteiger charge is 2.23. The van der Waals surface area contributed by atoms with Gasteiger partial charge in [-0.2, -0.15) is 0 Å². The summed E-state index contributed by atoms with van der Waals surface area (Å²) in [6.45, 7) is 2.97. The summed E-state index contributed by atoms with van der Waals surface area (Å²) in [6.07, 6.45) is 0. The number of amides is 1. The topological polar surface area (TPSA) is 160 Å². The normalized spacial score (nSPS) is 13.3. The number of carbonyl (C=O) groups excluding carboxylic acids is 1. The van der Waals surface area contributed by atoms with Gasteiger partial charge in [0.1, 0.15) is 11.5 Å². The zero-order chi connectivity index (χ0) is 25.1. The summed E-state index contributed by atoms with van der Waals surface area (Å²) < 4.78 is 10.6. The van der Waals surface area contributed by atoms with Gasteiger partial charge in [-0.15, -0.1) is 0 Å². The molecule has 34 heavy (non-hydrogen) atoms. The van der Waals surface area contributed by atoms with Crippen molar-refractivity contribution in [2.75, 3.05) is 39.9 Å². The van der Waals surface area contributed by atoms with Gasteiger partial charge in [0, 0.05) is 44.4 Å². The van der Waals surface area contributed by atoms with Gasteiger partial charge in [0.2, 0.25) is 0 Å². The van der Waals surface area contributed by atoms with Crippen LogP contribution < -0.4 is 9.47 Å². The van der Waals surface area contributed by atoms with Crippen LogP contribution in [0.4, 0.5) is 5.69 Å². The average molecular weight is 475 g/mol. The highest BCUT2D eigenvalue weighted by atomic mass is 16.6. The SMILES string of the molecule is COc1ccc(OCC(=O)N2CCN(Cc3ccccc3[N+](=O)[O-])CC2)cc1.O=C(O)C(=O)O. The number of ether oxygens (including phenoxy) is 2. The Balaban J connectivity index is 0.000000604. The third-order valence-corrected chi connectivity index (χ3v) is 4.91. The van der Waals surface area contributed by atoms with Crippen LogP contribution in [0.2, 0.25) is 0 Å². The van der Waals surface area contributed by atoms with Gasteiger partial charge in [-0.1, -0.05) is 18.2 Å². The van der Waals surface area contributed by atoms with Crippen molar-refractivity contribution >= 4 is 23.5 Å². The molecule has 1 aliphatic rings. The van der Waals surface area contributed by atoms with Gasteiger partial charge < -0.3 is 24.6 Å². The molecule has 2 N–H and O–H groups in total. The number of carboxylic acid groups (broad SMARTS) is 2. The second-order valence-electron chi connectivity index (χ2n) is 7.12. The Kier molecular flexibility index (Phi) is 9.77. The molecule has 12 nitrogen and oxygen atoms in total. The van der Waals surface area contributed by atoms with Crippen molar-refractivity contribution in [3.63, 3.8) is 0 Å². The number of nitrogens with zero attached hydrogens (tertiary/aromatic N) is 3. The number of hydrogen-bond acceptors (Lipinski definition) is 8. The third-order valence-electron chi connectivity index (χ3n) is 4.91. The molecule has 1 fully saturated rings. The minimum Gasteiger partial charge on any atom is -0.497 e. The fourth-order valence-corrected chi connectivity index (χ4v) is 3.13. The van der Waals surface area contributed by atoms with E-state index in [9.17, 15) is 14.9 Å². The fraction of sp³-hybridized carbons (Fsp3) is 0.318. The second-order valence-corrected chi connectivity index (χ2v) is 7.12. The number of nitro benzene ring substituents is 1. The summed E-state index contributed by atoms with van der Waals surface area (Å²) in [4.78, 5) is 45.2. The first-order valence-electron chi connectivity index (χ1n) is 10.2. The summed E-state index contributed by atoms with van der Waals surface area (Å²) in [6, 6.07) is 13.8. The van der Waals surface area contributed by atoms with Crippen LogP contribution in [-0.2, 0) is 20.9 Å². The summed E-state index contributed by atoms with van der Waals surface area (Å²) in [5.74, 6) is -2.37. The minimum atomic E-state index is -1.82. The van der Waals surface area contributed by atoms with Crippen molar-refractivity contribution in [3.05, 3.63) is 64.2 Å². The van der Waals surface area contributed by atoms with Crippen molar-refractivity contribution in [2.24, 2.45) is 0 Å². The Bertz CT molecular complexity index is 991. The molecule has 0 aliphatic carbocycles. The molecular formula is C22H25N3O9. The number of rotatable bonds is 7. The van der Waals surface area contributed by atoms with E-state index >= 15 is 0 Å². The highest BCUT2D eigenvalue weighted by molar-refractivity contribution is 6.27. The lowest BCUT2D eigenvalue weighted by atomic mass is 10.1. The molecule has 0 aromatic heterocycles. The van der Waals surface area contributed by atoms with E-state index < -0.39 is 11.9 Å². The Morgan fingerprint density at radius 2 is 1.50 bits per heavy atom. The van der Waals surface area contributed by atoms with E-state index in [2.05, 4.69) is 4.90 Å². The zero-order valence-electron chi connectivity index (χ0n) is 18.5. The van der Waals surface area contributed by atoms with Gasteiger partial charge in [0.25, 0.3) is 11.6 Å². The number of benzene rings is 2. The summed E-state index contributed by atoms with van der Waals surface area (Å²) in [5.41, 5.74) is 0.823. The van der Waals surface area contributed by atoms with Crippen LogP contribution in [0, 0.1) is 10.1 Å². The zero-order valence-corrected chi connectivity index (χ0v) is 18.5. The first kappa shape index (κ1) is 26.1. The monoisotopic (exact) mass is 475 g/mol. The summed E-state index contributed by atoms with van der Waals surface area (Å²) in [7, 11) is 1.59. The van der Waals surface area contributed by atoms with Gasteiger partial charge in [-0.3, -0.25) is 19.8 Å². The molecule has 2 aromatic rings. The van der Waals surface area contributed by atoms with E-state index in [1.54, 1.807) is 54.5 Å². The summed E-state index contributed by atoms with van der Waals surface area (Å²) >= 11 is 0. The maximum absolute atomic E-state index is 12.4. The number of para-hydroxylation sites is 1. The van der Waals surface area contributed by atoms with Crippen molar-refractivity contribution < 1.29 is 39.0 Å². The van der Waals surface area contributed by atoms with E-state index in [4.69, 9.17) is 29.3 Å². The van der Waals surface area contributed by atoms with Crippen molar-refractivity contribution in [1.82, 2.24) is 9.80 Å². The Hall–Kier alpha value is -4.19. The molecule has 1 heterocycles. The Morgan fingerprint density at radius 1 is 0.941 bits per heavy atom. The van der Waals surface area contributed by atoms with Crippen molar-refractivity contribution in [3.8, 4) is 11.5 Å². The van der Waals surface area contributed by atoms with Crippen LogP contribution >= 0.6 is 0 Å². The number of piperazine rings is 1. The second kappa shape index (κ2) is 12.7. The number of carboxylic acids is 2. The van der Waals surface area contributed by atoms with Crippen LogP contribution in [-0.4, -0.2) is 82.7 Å². The minimum absolute atomic E-state index is 0.0174. The smallest absolute Gasteiger partial charge is 0.414 e. The number of hydrogen-bond donors (Lipinski definition) is 2. The van der Waals surface area contributed by atoms with Crippen LogP contribution in [0.1, 0.15) is 5.56 Å². The van der Waals surface area contributed by atoms with E-state index in [0.29, 0.717) is 44.0 Å². The maximum Gasteiger partial charge on any atom is 0.414 e. The van der Waals surface area contributed by atoms with Crippen LogP contribution in [0.5, 0.6) is 11.5 Å². The Labute approximate surface area is 195 Å². The van der Waals surface area contributed by atoms with Gasteiger partial charge in [0.15, 0.2) is 6.61 Å². The van der Waals surface area contributed by atoms with Crippen molar-refractivity contribution in [1.29, 1.82) is 0 Å². The van der Waals surface area contributed by atoms with Crippen LogP contribution in [0.15, 0.2) is 48.5 Å². The molecule has 0 atom stereocenters. The first-order valence-corrected chi connectivity index (χ1v) is 10.2. The van der Waals surface area contributed by atoms with E-state index in [0.717, 1.165) is 5.75 Å². The van der Waals surface area contributed by atoms with Crippen LogP contribution in [0.3, 0.4) is 0 Å². The fourth-order valence-electron chi connectivity index (χ4n) is 3.13. The first-order chi connectivity index (χ1) is 16.2. The molecule has 0 saturated carbocycles. The lowest BCUT2D eigenvalue weighted by Crippen LogP contribution is -2.49. The van der Waals surface area contributed by atoms with Gasteiger partial charge in [-0.05, 0) is 24.3 Å². The molecule has 1 amide bonds. The number of aliphatic carboxylic acids is 2. The molecule has 0 radical (unpaired) electrons. The number of methoxy groups -OCH3 is 1. The third kappa shape index (κ3) is 8.06. The molecule has 2 aromatic carbocycles. The molecule has 3 rings (SSSR count). The Morgan fingerprint density at radius 3 is 2.03 bits per heavy atom. The maximum atomic E-state index is 12.4. The molecular weight excluding hydrogens is 450 g/mol. The molecule has 0 spiro atoms. The molecule has 12 heteroatoms. The van der Waals surface area contributed by atoms with Gasteiger partial charge in [-0.25, -0.2) is 9.59 Å². The van der Waals surface area contributed by atoms with E-state index in [1.807, 2.05) is 0 Å². The lowest BCUT2D eigenvalue weighted by molar-refractivity contribution is -0.385. The lowest BCUT2D eigenvalue weighted by Gasteiger charge is -2.34. The van der Waals surface area contributed by atoms with Gasteiger partial charge in [0.05, 0.1) is 12.0 Å². The molecule has 1 aliphatic heterocycles. The van der Waals surface area contributed by atoms with Crippen LogP contribution in [0.25, 0.3) is 0 Å². The van der Waals surface area contributed by atoms with E-state index in [1.165, 1.54) is 6.07 Å². The average Bonchev–Trinajstić information content (AvgIpc) is 2.84. The standard InChI is InChI=1S/C20H23N3O5.C2H2O4/c1-27-17-6-8-18(9-7-17)28-15-20(24)22-12-10-21(11-13-22)14-16-4-2-3-5-19(16)23(25)26;3-1(4)2(5)6/h2-9H,10-15H2,1H3;(H,3,4)(H,5,6). The molecule has 1 saturated heterocycles. The highest BCUT2D eigenvalue weighted by Crippen LogP contribution is 2.20. The van der Waals surface area contributed by atoms with E-state index in [-0.39, 0.29) is 23.1 Å².